The maximum Gasteiger partial charge on any atom is 0.0798 e. The smallest absolute Gasteiger partial charge is 0.0798 e. The molecule has 1 nitrogen and oxygen atoms in total. The summed E-state index contributed by atoms with van der Waals surface area (Å²) in [6, 6.07) is 12.3. The van der Waals surface area contributed by atoms with Crippen LogP contribution in [0.2, 0.25) is 0 Å². The number of hydrogen-bond acceptors (Lipinski definition) is 1. The Balaban J connectivity index is 2.36. The second-order valence-electron chi connectivity index (χ2n) is 6.70. The van der Waals surface area contributed by atoms with E-state index in [9.17, 15) is 5.11 Å². The van der Waals surface area contributed by atoms with Crippen molar-refractivity contribution >= 4 is 26.7 Å². The van der Waals surface area contributed by atoms with E-state index in [4.69, 9.17) is 0 Å². The second kappa shape index (κ2) is 5.87. The Labute approximate surface area is 130 Å². The van der Waals surface area contributed by atoms with Crippen LogP contribution in [0.15, 0.2) is 40.9 Å². The third kappa shape index (κ3) is 3.24. The van der Waals surface area contributed by atoms with Gasteiger partial charge in [0.2, 0.25) is 0 Å². The highest BCUT2D eigenvalue weighted by molar-refractivity contribution is 9.10. The molecular weight excluding hydrogens is 312 g/mol. The number of aliphatic hydroxyl groups excluding tert-OH is 1. The van der Waals surface area contributed by atoms with Crippen molar-refractivity contribution in [1.82, 2.24) is 0 Å². The minimum atomic E-state index is -0.415. The molecular formula is C18H23BrO. The molecule has 2 unspecified atom stereocenters. The van der Waals surface area contributed by atoms with E-state index in [1.807, 2.05) is 24.3 Å². The van der Waals surface area contributed by atoms with Gasteiger partial charge in [-0.15, -0.1) is 0 Å². The Morgan fingerprint density at radius 2 is 1.65 bits per heavy atom. The van der Waals surface area contributed by atoms with Crippen molar-refractivity contribution in [3.05, 3.63) is 46.4 Å². The standard InChI is InChI=1S/C18H23BrO/c1-12(18(2,3)4)11-17(20)15-9-10-16(19)14-8-6-5-7-13(14)15/h5-10,12,17,20H,11H2,1-4H3. The number of fused-ring (bicyclic) bond motifs is 1. The van der Waals surface area contributed by atoms with E-state index in [2.05, 4.69) is 55.8 Å². The van der Waals surface area contributed by atoms with Gasteiger partial charge in [-0.25, -0.2) is 0 Å². The fraction of sp³-hybridized carbons (Fsp3) is 0.444. The first-order valence-electron chi connectivity index (χ1n) is 7.16. The van der Waals surface area contributed by atoms with Gasteiger partial charge in [0.25, 0.3) is 0 Å². The molecule has 0 radical (unpaired) electrons. The molecule has 0 saturated heterocycles. The third-order valence-electron chi connectivity index (χ3n) is 4.32. The van der Waals surface area contributed by atoms with E-state index < -0.39 is 6.10 Å². The number of halogens is 1. The van der Waals surface area contributed by atoms with Crippen LogP contribution in [0.5, 0.6) is 0 Å². The topological polar surface area (TPSA) is 20.2 Å². The first-order chi connectivity index (χ1) is 9.30. The summed E-state index contributed by atoms with van der Waals surface area (Å²) in [7, 11) is 0. The van der Waals surface area contributed by atoms with Crippen LogP contribution < -0.4 is 0 Å². The van der Waals surface area contributed by atoms with Gasteiger partial charge in [-0.05, 0) is 40.2 Å². The molecule has 0 bridgehead atoms. The van der Waals surface area contributed by atoms with Crippen molar-refractivity contribution in [2.24, 2.45) is 11.3 Å². The van der Waals surface area contributed by atoms with Crippen molar-refractivity contribution in [2.45, 2.75) is 40.2 Å². The van der Waals surface area contributed by atoms with Gasteiger partial charge in [0.15, 0.2) is 0 Å². The van der Waals surface area contributed by atoms with Gasteiger partial charge in [0.1, 0.15) is 0 Å². The highest BCUT2D eigenvalue weighted by atomic mass is 79.9. The zero-order chi connectivity index (χ0) is 14.9. The van der Waals surface area contributed by atoms with Crippen LogP contribution in [0.4, 0.5) is 0 Å². The molecule has 0 fully saturated rings. The van der Waals surface area contributed by atoms with E-state index in [1.165, 1.54) is 0 Å². The zero-order valence-electron chi connectivity index (χ0n) is 12.7. The van der Waals surface area contributed by atoms with Crippen molar-refractivity contribution in [1.29, 1.82) is 0 Å². The lowest BCUT2D eigenvalue weighted by Crippen LogP contribution is -2.19. The van der Waals surface area contributed by atoms with E-state index in [0.717, 1.165) is 27.2 Å². The lowest BCUT2D eigenvalue weighted by molar-refractivity contribution is 0.112. The molecule has 2 aromatic carbocycles. The van der Waals surface area contributed by atoms with Crippen LogP contribution in [0.25, 0.3) is 10.8 Å². The molecule has 0 aromatic heterocycles. The Morgan fingerprint density at radius 3 is 2.25 bits per heavy atom. The quantitative estimate of drug-likeness (QED) is 0.762. The van der Waals surface area contributed by atoms with Crippen LogP contribution >= 0.6 is 15.9 Å². The summed E-state index contributed by atoms with van der Waals surface area (Å²) in [6.45, 7) is 8.89. The van der Waals surface area contributed by atoms with Gasteiger partial charge in [-0.3, -0.25) is 0 Å². The molecule has 108 valence electrons. The first-order valence-corrected chi connectivity index (χ1v) is 7.95. The highest BCUT2D eigenvalue weighted by Gasteiger charge is 2.24. The lowest BCUT2D eigenvalue weighted by Gasteiger charge is -2.29. The molecule has 0 aliphatic rings. The van der Waals surface area contributed by atoms with Gasteiger partial charge < -0.3 is 5.11 Å². The molecule has 2 atom stereocenters. The van der Waals surface area contributed by atoms with E-state index in [-0.39, 0.29) is 5.41 Å². The van der Waals surface area contributed by atoms with Crippen LogP contribution in [0.1, 0.15) is 45.8 Å². The maximum atomic E-state index is 10.6. The SMILES string of the molecule is CC(CC(O)c1ccc(Br)c2ccccc12)C(C)(C)C. The van der Waals surface area contributed by atoms with Crippen molar-refractivity contribution in [2.75, 3.05) is 0 Å². The Kier molecular flexibility index (Phi) is 4.55. The predicted octanol–water partition coefficient (Wildman–Crippen LogP) is 5.71. The van der Waals surface area contributed by atoms with Crippen LogP contribution in [0.3, 0.4) is 0 Å². The van der Waals surface area contributed by atoms with Gasteiger partial charge in [-0.2, -0.15) is 0 Å². The molecule has 2 heteroatoms. The zero-order valence-corrected chi connectivity index (χ0v) is 14.2. The van der Waals surface area contributed by atoms with Crippen molar-refractivity contribution in [3.63, 3.8) is 0 Å². The largest absolute Gasteiger partial charge is 0.388 e. The number of benzene rings is 2. The fourth-order valence-corrected chi connectivity index (χ4v) is 2.87. The van der Waals surface area contributed by atoms with Gasteiger partial charge >= 0.3 is 0 Å². The van der Waals surface area contributed by atoms with Gasteiger partial charge in [0.05, 0.1) is 6.10 Å². The van der Waals surface area contributed by atoms with Gasteiger partial charge in [0, 0.05) is 4.47 Å². The van der Waals surface area contributed by atoms with Crippen LogP contribution in [0, 0.1) is 11.3 Å². The van der Waals surface area contributed by atoms with Crippen molar-refractivity contribution < 1.29 is 5.11 Å². The Morgan fingerprint density at radius 1 is 1.05 bits per heavy atom. The molecule has 2 rings (SSSR count). The molecule has 0 heterocycles. The van der Waals surface area contributed by atoms with Gasteiger partial charge in [-0.1, -0.05) is 74.0 Å². The molecule has 0 aliphatic heterocycles. The predicted molar refractivity (Wildman–Crippen MR) is 89.8 cm³/mol. The minimum Gasteiger partial charge on any atom is -0.388 e. The molecule has 0 aliphatic carbocycles. The second-order valence-corrected chi connectivity index (χ2v) is 7.56. The number of aliphatic hydroxyl groups is 1. The van der Waals surface area contributed by atoms with Crippen molar-refractivity contribution in [3.8, 4) is 0 Å². The summed E-state index contributed by atoms with van der Waals surface area (Å²) in [4.78, 5) is 0. The summed E-state index contributed by atoms with van der Waals surface area (Å²) < 4.78 is 1.08. The average molecular weight is 335 g/mol. The Bertz CT molecular complexity index is 598. The minimum absolute atomic E-state index is 0.214. The molecule has 0 saturated carbocycles. The maximum absolute atomic E-state index is 10.6. The molecule has 20 heavy (non-hydrogen) atoms. The number of hydrogen-bond donors (Lipinski definition) is 1. The van der Waals surface area contributed by atoms with Crippen LogP contribution in [-0.2, 0) is 0 Å². The summed E-state index contributed by atoms with van der Waals surface area (Å²) in [6.07, 6.45) is 0.372. The number of rotatable bonds is 3. The molecule has 2 aromatic rings. The van der Waals surface area contributed by atoms with E-state index >= 15 is 0 Å². The first kappa shape index (κ1) is 15.5. The lowest BCUT2D eigenvalue weighted by atomic mass is 9.78. The summed E-state index contributed by atoms with van der Waals surface area (Å²) >= 11 is 3.58. The molecule has 1 N–H and O–H groups in total. The monoisotopic (exact) mass is 334 g/mol. The summed E-state index contributed by atoms with van der Waals surface area (Å²) in [5.74, 6) is 0.458. The summed E-state index contributed by atoms with van der Waals surface area (Å²) in [5, 5.41) is 12.9. The third-order valence-corrected chi connectivity index (χ3v) is 5.01. The summed E-state index contributed by atoms with van der Waals surface area (Å²) in [5.41, 5.74) is 1.24. The molecule has 0 spiro atoms. The highest BCUT2D eigenvalue weighted by Crippen LogP contribution is 2.36. The van der Waals surface area contributed by atoms with E-state index in [0.29, 0.717) is 5.92 Å². The fourth-order valence-electron chi connectivity index (χ4n) is 2.39. The Hall–Kier alpha value is -0.860. The van der Waals surface area contributed by atoms with Crippen LogP contribution in [-0.4, -0.2) is 5.11 Å². The molecule has 0 amide bonds. The normalized spacial score (nSPS) is 15.3. The average Bonchev–Trinajstić information content (AvgIpc) is 2.38. The van der Waals surface area contributed by atoms with E-state index in [1.54, 1.807) is 0 Å².